The van der Waals surface area contributed by atoms with E-state index in [1.807, 2.05) is 13.8 Å². The fourth-order valence-corrected chi connectivity index (χ4v) is 8.99. The monoisotopic (exact) mass is 596 g/mol. The molecule has 0 aromatic heterocycles. The lowest BCUT2D eigenvalue weighted by molar-refractivity contribution is -0.240. The van der Waals surface area contributed by atoms with E-state index in [9.17, 15) is 39.3 Å². The number of aliphatic hydroxyl groups is 2. The van der Waals surface area contributed by atoms with Crippen LogP contribution in [0.15, 0.2) is 12.1 Å². The van der Waals surface area contributed by atoms with Crippen LogP contribution in [0.3, 0.4) is 0 Å². The van der Waals surface area contributed by atoms with E-state index in [2.05, 4.69) is 13.8 Å². The summed E-state index contributed by atoms with van der Waals surface area (Å²) >= 11 is 0. The Balaban J connectivity index is 1.95. The molecule has 8 heteroatoms. The van der Waals surface area contributed by atoms with E-state index in [4.69, 9.17) is 0 Å². The molecule has 0 aliphatic heterocycles. The summed E-state index contributed by atoms with van der Waals surface area (Å²) in [4.78, 5) is 69.2. The lowest BCUT2D eigenvalue weighted by atomic mass is 9.37. The van der Waals surface area contributed by atoms with Crippen LogP contribution < -0.4 is 0 Å². The third kappa shape index (κ3) is 4.18. The van der Waals surface area contributed by atoms with Crippen molar-refractivity contribution in [2.24, 2.45) is 40.4 Å². The number of hydrogen-bond donors (Lipinski definition) is 3. The van der Waals surface area contributed by atoms with Crippen LogP contribution in [0, 0.1) is 40.4 Å². The van der Waals surface area contributed by atoms with E-state index in [-0.39, 0.29) is 11.3 Å². The van der Waals surface area contributed by atoms with Crippen LogP contribution in [-0.4, -0.2) is 55.9 Å². The molecule has 3 unspecified atom stereocenters. The van der Waals surface area contributed by atoms with Crippen molar-refractivity contribution in [3.63, 3.8) is 0 Å². The molecule has 3 aliphatic rings. The summed E-state index contributed by atoms with van der Waals surface area (Å²) < 4.78 is 0. The molecule has 4 rings (SSSR count). The maximum absolute atomic E-state index is 14.6. The van der Waals surface area contributed by atoms with Gasteiger partial charge in [0.2, 0.25) is 0 Å². The molecule has 3 N–H and O–H groups in total. The van der Waals surface area contributed by atoms with Gasteiger partial charge < -0.3 is 15.3 Å². The number of fused-ring (bicyclic) bond motifs is 3. The van der Waals surface area contributed by atoms with Crippen LogP contribution in [-0.2, 0) is 24.6 Å². The molecule has 8 atom stereocenters. The second-order valence-corrected chi connectivity index (χ2v) is 15.3. The number of aromatic hydroxyl groups is 1. The fourth-order valence-electron chi connectivity index (χ4n) is 8.99. The highest BCUT2D eigenvalue weighted by atomic mass is 16.3. The minimum absolute atomic E-state index is 0.0416. The van der Waals surface area contributed by atoms with E-state index >= 15 is 0 Å². The maximum atomic E-state index is 14.6. The number of aliphatic hydroxyl groups excluding tert-OH is 1. The molecule has 0 radical (unpaired) electrons. The first kappa shape index (κ1) is 33.2. The van der Waals surface area contributed by atoms with E-state index in [1.165, 1.54) is 6.92 Å². The predicted octanol–water partition coefficient (Wildman–Crippen LogP) is 4.73. The number of carbonyl (C=O) groups is 5. The Morgan fingerprint density at radius 2 is 1.60 bits per heavy atom. The molecule has 0 heterocycles. The minimum Gasteiger partial charge on any atom is -0.507 e. The van der Waals surface area contributed by atoms with Crippen LogP contribution in [0.2, 0.25) is 0 Å². The largest absolute Gasteiger partial charge is 0.507 e. The van der Waals surface area contributed by atoms with Crippen LogP contribution in [0.25, 0.3) is 0 Å². The van der Waals surface area contributed by atoms with Gasteiger partial charge in [-0.2, -0.15) is 0 Å². The lowest BCUT2D eigenvalue weighted by Crippen LogP contribution is -2.81. The minimum atomic E-state index is -2.97. The van der Waals surface area contributed by atoms with E-state index in [0.717, 1.165) is 26.2 Å². The zero-order valence-electron chi connectivity index (χ0n) is 27.2. The third-order valence-corrected chi connectivity index (χ3v) is 11.5. The van der Waals surface area contributed by atoms with Crippen LogP contribution in [0.5, 0.6) is 5.75 Å². The standard InChI is InChI=1S/C35H48O8/c1-16(2)12-11-15-32(7,8)21-14-13-20-18(5)33(9)25(28(39)23(20)26(21)37)30(41)35(43)29(40)22(19(6)36)27(38)24(17(3)4)34(35,10)31(33)42/h13-14,16-18,22,24-25,31,37,42-43H,11-12,15H2,1-10H3/t18-,22?,24?,25?,31-,33+,34+,35+/m1/s1. The van der Waals surface area contributed by atoms with Crippen molar-refractivity contribution in [2.45, 2.75) is 112 Å². The van der Waals surface area contributed by atoms with Crippen LogP contribution >= 0.6 is 0 Å². The van der Waals surface area contributed by atoms with Crippen molar-refractivity contribution >= 4 is 28.9 Å². The number of hydrogen-bond acceptors (Lipinski definition) is 8. The molecule has 0 spiro atoms. The molecule has 3 aliphatic carbocycles. The second-order valence-electron chi connectivity index (χ2n) is 15.3. The van der Waals surface area contributed by atoms with Crippen molar-refractivity contribution in [3.05, 3.63) is 28.8 Å². The average molecular weight is 597 g/mol. The summed E-state index contributed by atoms with van der Waals surface area (Å²) in [7, 11) is 0. The lowest BCUT2D eigenvalue weighted by Gasteiger charge is -2.65. The van der Waals surface area contributed by atoms with Crippen molar-refractivity contribution in [2.75, 3.05) is 0 Å². The number of phenols is 1. The molecule has 2 saturated carbocycles. The number of Topliss-reactive ketones (excluding diaryl/α,β-unsaturated/α-hetero) is 5. The normalized spacial score (nSPS) is 36.1. The first-order valence-electron chi connectivity index (χ1n) is 15.6. The molecule has 1 aromatic rings. The van der Waals surface area contributed by atoms with Crippen molar-refractivity contribution in [1.82, 2.24) is 0 Å². The van der Waals surface area contributed by atoms with Gasteiger partial charge in [0.05, 0.1) is 17.6 Å². The third-order valence-electron chi connectivity index (χ3n) is 11.5. The molecular formula is C35H48O8. The molecule has 0 saturated heterocycles. The Bertz CT molecular complexity index is 1400. The highest BCUT2D eigenvalue weighted by molar-refractivity contribution is 6.33. The first-order chi connectivity index (χ1) is 19.6. The summed E-state index contributed by atoms with van der Waals surface area (Å²) in [6, 6.07) is 3.57. The zero-order valence-corrected chi connectivity index (χ0v) is 27.2. The number of carbonyl (C=O) groups excluding carboxylic acids is 5. The Hall–Kier alpha value is -2.71. The van der Waals surface area contributed by atoms with Crippen molar-refractivity contribution in [3.8, 4) is 5.75 Å². The van der Waals surface area contributed by atoms with Gasteiger partial charge in [0, 0.05) is 22.3 Å². The Kier molecular flexibility index (Phi) is 8.06. The van der Waals surface area contributed by atoms with Crippen molar-refractivity contribution in [1.29, 1.82) is 0 Å². The van der Waals surface area contributed by atoms with E-state index < -0.39 is 86.5 Å². The van der Waals surface area contributed by atoms with Gasteiger partial charge in [0.1, 0.15) is 17.5 Å². The summed E-state index contributed by atoms with van der Waals surface area (Å²) in [5.41, 5.74) is -6.02. The Morgan fingerprint density at radius 3 is 2.12 bits per heavy atom. The van der Waals surface area contributed by atoms with Gasteiger partial charge in [-0.3, -0.25) is 24.0 Å². The number of ketones is 5. The quantitative estimate of drug-likeness (QED) is 0.383. The molecule has 0 amide bonds. The Labute approximate surface area is 254 Å². The molecule has 236 valence electrons. The summed E-state index contributed by atoms with van der Waals surface area (Å²) in [5, 5.41) is 36.2. The number of phenolic OH excluding ortho intramolecular Hbond substituents is 1. The van der Waals surface area contributed by atoms with Crippen LogP contribution in [0.1, 0.15) is 116 Å². The van der Waals surface area contributed by atoms with E-state index in [0.29, 0.717) is 17.0 Å². The highest BCUT2D eigenvalue weighted by Gasteiger charge is 2.80. The number of rotatable bonds is 7. The summed E-state index contributed by atoms with van der Waals surface area (Å²) in [6.45, 7) is 17.4. The topological polar surface area (TPSA) is 146 Å². The smallest absolute Gasteiger partial charge is 0.191 e. The van der Waals surface area contributed by atoms with Gasteiger partial charge >= 0.3 is 0 Å². The molecule has 1 aromatic carbocycles. The van der Waals surface area contributed by atoms with E-state index in [1.54, 1.807) is 39.8 Å². The molecule has 0 bridgehead atoms. The van der Waals surface area contributed by atoms with Gasteiger partial charge in [0.25, 0.3) is 0 Å². The molecule has 43 heavy (non-hydrogen) atoms. The first-order valence-corrected chi connectivity index (χ1v) is 15.6. The summed E-state index contributed by atoms with van der Waals surface area (Å²) in [5.74, 6) is -10.5. The molecular weight excluding hydrogens is 548 g/mol. The molecule has 8 nitrogen and oxygen atoms in total. The Morgan fingerprint density at radius 1 is 1.02 bits per heavy atom. The summed E-state index contributed by atoms with van der Waals surface area (Å²) in [6.07, 6.45) is 1.01. The zero-order chi connectivity index (χ0) is 32.8. The van der Waals surface area contributed by atoms with Gasteiger partial charge in [-0.05, 0) is 42.1 Å². The maximum Gasteiger partial charge on any atom is 0.191 e. The van der Waals surface area contributed by atoms with Crippen molar-refractivity contribution < 1.29 is 39.3 Å². The second kappa shape index (κ2) is 10.4. The van der Waals surface area contributed by atoms with Gasteiger partial charge in [-0.25, -0.2) is 0 Å². The predicted molar refractivity (Wildman–Crippen MR) is 161 cm³/mol. The fraction of sp³-hybridized carbons (Fsp3) is 0.686. The van der Waals surface area contributed by atoms with Crippen LogP contribution in [0.4, 0.5) is 0 Å². The van der Waals surface area contributed by atoms with Gasteiger partial charge in [-0.1, -0.05) is 87.3 Å². The van der Waals surface area contributed by atoms with Gasteiger partial charge in [0.15, 0.2) is 28.7 Å². The SMILES string of the molecule is CC(=O)C1C(=O)C(C(C)C)[C@@]2(C)[C@H](O)[C@]3(C)C(C(=O)c4c(ccc(C(C)(C)CCCC(C)C)c4O)[C@H]3C)C(=O)[C@@]2(O)C1=O. The number of benzene rings is 1. The highest BCUT2D eigenvalue weighted by Crippen LogP contribution is 2.66. The van der Waals surface area contributed by atoms with Gasteiger partial charge in [-0.15, -0.1) is 0 Å². The average Bonchev–Trinajstić information content (AvgIpc) is 2.88. The molecule has 2 fully saturated rings.